The third-order valence-corrected chi connectivity index (χ3v) is 3.24. The van der Waals surface area contributed by atoms with Crippen LogP contribution in [0.25, 0.3) is 10.9 Å². The van der Waals surface area contributed by atoms with E-state index < -0.39 is 0 Å². The average Bonchev–Trinajstić information content (AvgIpc) is 2.90. The van der Waals surface area contributed by atoms with Crippen molar-refractivity contribution in [2.75, 3.05) is 0 Å². The number of nitrogens with one attached hydrogen (secondary N) is 1. The molecule has 4 heteroatoms. The Balaban J connectivity index is 0.000000170. The van der Waals surface area contributed by atoms with Gasteiger partial charge in [0.2, 0.25) is 0 Å². The van der Waals surface area contributed by atoms with E-state index >= 15 is 0 Å². The van der Waals surface area contributed by atoms with Crippen molar-refractivity contribution in [2.45, 2.75) is 0 Å². The van der Waals surface area contributed by atoms with Gasteiger partial charge in [0.05, 0.1) is 0 Å². The van der Waals surface area contributed by atoms with Crippen LogP contribution in [-0.4, -0.2) is 11.8 Å². The minimum Gasteiger partial charge on any atom is -0.361 e. The first-order valence-corrected chi connectivity index (χ1v) is 7.06. The van der Waals surface area contributed by atoms with Gasteiger partial charge in [0, 0.05) is 20.7 Å². The molecule has 1 aromatic heterocycles. The predicted molar refractivity (Wildman–Crippen MR) is 87.3 cm³/mol. The van der Waals surface area contributed by atoms with E-state index in [1.54, 1.807) is 0 Å². The monoisotopic (exact) mass is 381 g/mol. The van der Waals surface area contributed by atoms with E-state index in [9.17, 15) is 0 Å². The molecule has 0 fully saturated rings. The van der Waals surface area contributed by atoms with Gasteiger partial charge in [-0.05, 0) is 35.7 Å². The number of benzene rings is 2. The lowest BCUT2D eigenvalue weighted by atomic mass is 10.3. The summed E-state index contributed by atoms with van der Waals surface area (Å²) in [6.07, 6.45) is 1.95. The number of carbonyl (C=O) groups is 1. The van der Waals surface area contributed by atoms with Gasteiger partial charge in [-0.2, -0.15) is 0 Å². The summed E-state index contributed by atoms with van der Waals surface area (Å²) >= 11 is 6.66. The summed E-state index contributed by atoms with van der Waals surface area (Å²) in [7, 11) is 0. The zero-order valence-electron chi connectivity index (χ0n) is 10.1. The van der Waals surface area contributed by atoms with E-state index in [4.69, 9.17) is 4.79 Å². The summed E-state index contributed by atoms with van der Waals surface area (Å²) in [6.45, 7) is 2.00. The number of para-hydroxylation sites is 1. The van der Waals surface area contributed by atoms with Gasteiger partial charge in [-0.25, -0.2) is 0 Å². The molecule has 0 bridgehead atoms. The molecule has 0 atom stereocenters. The number of halogens is 2. The predicted octanol–water partition coefficient (Wildman–Crippen LogP) is 5.19. The molecule has 0 radical (unpaired) electrons. The van der Waals surface area contributed by atoms with Gasteiger partial charge in [0.1, 0.15) is 6.79 Å². The van der Waals surface area contributed by atoms with Crippen molar-refractivity contribution in [1.82, 2.24) is 4.98 Å². The van der Waals surface area contributed by atoms with Crippen LogP contribution in [0.5, 0.6) is 0 Å². The quantitative estimate of drug-likeness (QED) is 0.569. The second-order valence-corrected chi connectivity index (χ2v) is 5.34. The molecule has 0 saturated carbocycles. The highest BCUT2D eigenvalue weighted by Gasteiger charge is 1.86. The number of carbonyl (C=O) groups excluding carboxylic acids is 1. The van der Waals surface area contributed by atoms with Crippen molar-refractivity contribution in [1.29, 1.82) is 0 Å². The molecule has 1 heterocycles. The molecule has 1 N–H and O–H groups in total. The van der Waals surface area contributed by atoms with Gasteiger partial charge in [0.25, 0.3) is 0 Å². The van der Waals surface area contributed by atoms with E-state index in [1.165, 1.54) is 10.9 Å². The van der Waals surface area contributed by atoms with Gasteiger partial charge in [-0.1, -0.05) is 56.1 Å². The largest absolute Gasteiger partial charge is 0.361 e. The zero-order chi connectivity index (χ0) is 14.1. The summed E-state index contributed by atoms with van der Waals surface area (Å²) in [5, 5.41) is 1.28. The number of fused-ring (bicyclic) bond motifs is 1. The first-order chi connectivity index (χ1) is 9.25. The minimum atomic E-state index is 1.10. The molecule has 2 nitrogen and oxygen atoms in total. The standard InChI is InChI=1S/C8H7N.C6H4Br2.CH2O/c1-2-4-8-7(3-1)5-6-9-8;7-5-2-1-3-6(8)4-5;1-2/h1-6,9H;1-4H;1H2. The van der Waals surface area contributed by atoms with E-state index in [1.807, 2.05) is 49.4 Å². The summed E-state index contributed by atoms with van der Waals surface area (Å²) in [5.41, 5.74) is 1.21. The lowest BCUT2D eigenvalue weighted by molar-refractivity contribution is -0.0979. The van der Waals surface area contributed by atoms with E-state index in [0.717, 1.165) is 8.95 Å². The molecular weight excluding hydrogens is 370 g/mol. The molecule has 3 aromatic rings. The van der Waals surface area contributed by atoms with Crippen LogP contribution in [0.4, 0.5) is 0 Å². The molecule has 0 spiro atoms. The van der Waals surface area contributed by atoms with Gasteiger partial charge in [0.15, 0.2) is 0 Å². The van der Waals surface area contributed by atoms with Gasteiger partial charge >= 0.3 is 0 Å². The fourth-order valence-electron chi connectivity index (χ4n) is 1.45. The van der Waals surface area contributed by atoms with Crippen LogP contribution < -0.4 is 0 Å². The Morgan fingerprint density at radius 3 is 2.00 bits per heavy atom. The molecule has 0 aliphatic carbocycles. The molecular formula is C15H13Br2NO. The number of hydrogen-bond donors (Lipinski definition) is 1. The maximum atomic E-state index is 8.00. The van der Waals surface area contributed by atoms with Crippen molar-refractivity contribution in [3.63, 3.8) is 0 Å². The average molecular weight is 383 g/mol. The highest BCUT2D eigenvalue weighted by atomic mass is 79.9. The van der Waals surface area contributed by atoms with E-state index in [2.05, 4.69) is 55.0 Å². The number of aromatic amines is 1. The van der Waals surface area contributed by atoms with Crippen LogP contribution in [0.1, 0.15) is 0 Å². The highest BCUT2D eigenvalue weighted by molar-refractivity contribution is 9.11. The molecule has 0 amide bonds. The second-order valence-electron chi connectivity index (χ2n) is 3.50. The van der Waals surface area contributed by atoms with Crippen molar-refractivity contribution in [2.24, 2.45) is 0 Å². The Morgan fingerprint density at radius 1 is 0.842 bits per heavy atom. The highest BCUT2D eigenvalue weighted by Crippen LogP contribution is 2.15. The fourth-order valence-corrected chi connectivity index (χ4v) is 2.56. The number of H-pyrrole nitrogens is 1. The molecule has 3 rings (SSSR count). The smallest absolute Gasteiger partial charge is 0.106 e. The number of hydrogen-bond acceptors (Lipinski definition) is 1. The third-order valence-electron chi connectivity index (χ3n) is 2.25. The van der Waals surface area contributed by atoms with Crippen molar-refractivity contribution in [3.8, 4) is 0 Å². The fraction of sp³-hybridized carbons (Fsp3) is 0. The van der Waals surface area contributed by atoms with Crippen LogP contribution in [0.2, 0.25) is 0 Å². The normalized spacial score (nSPS) is 8.95. The van der Waals surface area contributed by atoms with Gasteiger partial charge in [-0.15, -0.1) is 0 Å². The maximum absolute atomic E-state index is 8.00. The molecule has 0 saturated heterocycles. The SMILES string of the molecule is Brc1cccc(Br)c1.C=O.c1ccc2[nH]ccc2c1. The van der Waals surface area contributed by atoms with Crippen LogP contribution in [-0.2, 0) is 4.79 Å². The maximum Gasteiger partial charge on any atom is 0.106 e. The molecule has 2 aromatic carbocycles. The van der Waals surface area contributed by atoms with Crippen molar-refractivity contribution >= 4 is 49.6 Å². The number of rotatable bonds is 0. The van der Waals surface area contributed by atoms with Crippen molar-refractivity contribution in [3.05, 3.63) is 69.7 Å². The van der Waals surface area contributed by atoms with Crippen molar-refractivity contribution < 1.29 is 4.79 Å². The minimum absolute atomic E-state index is 1.10. The van der Waals surface area contributed by atoms with Gasteiger partial charge < -0.3 is 9.78 Å². The second kappa shape index (κ2) is 8.67. The summed E-state index contributed by atoms with van der Waals surface area (Å²) in [5.74, 6) is 0. The Kier molecular flexibility index (Phi) is 7.15. The first kappa shape index (κ1) is 15.7. The topological polar surface area (TPSA) is 32.9 Å². The molecule has 0 unspecified atom stereocenters. The van der Waals surface area contributed by atoms with Crippen LogP contribution in [0, 0.1) is 0 Å². The third kappa shape index (κ3) is 5.41. The van der Waals surface area contributed by atoms with Gasteiger partial charge in [-0.3, -0.25) is 0 Å². The van der Waals surface area contributed by atoms with Crippen LogP contribution in [0.3, 0.4) is 0 Å². The summed E-state index contributed by atoms with van der Waals surface area (Å²) in [4.78, 5) is 11.1. The molecule has 98 valence electrons. The first-order valence-electron chi connectivity index (χ1n) is 5.48. The Labute approximate surface area is 129 Å². The summed E-state index contributed by atoms with van der Waals surface area (Å²) in [6, 6.07) is 18.2. The Hall–Kier alpha value is -1.39. The Bertz CT molecular complexity index is 575. The lowest BCUT2D eigenvalue weighted by Gasteiger charge is -1.87. The van der Waals surface area contributed by atoms with Crippen LogP contribution >= 0.6 is 31.9 Å². The molecule has 0 aliphatic rings. The molecule has 0 aliphatic heterocycles. The van der Waals surface area contributed by atoms with E-state index in [0.29, 0.717) is 0 Å². The zero-order valence-corrected chi connectivity index (χ0v) is 13.3. The number of aromatic nitrogens is 1. The molecule has 19 heavy (non-hydrogen) atoms. The lowest BCUT2D eigenvalue weighted by Crippen LogP contribution is -1.61. The summed E-state index contributed by atoms with van der Waals surface area (Å²) < 4.78 is 2.21. The van der Waals surface area contributed by atoms with E-state index in [-0.39, 0.29) is 0 Å². The Morgan fingerprint density at radius 2 is 1.47 bits per heavy atom. The van der Waals surface area contributed by atoms with Crippen LogP contribution in [0.15, 0.2) is 69.7 Å².